The maximum atomic E-state index is 12.5. The van der Waals surface area contributed by atoms with Crippen LogP contribution in [-0.4, -0.2) is 43.3 Å². The van der Waals surface area contributed by atoms with Gasteiger partial charge in [-0.05, 0) is 38.5 Å². The predicted molar refractivity (Wildman–Crippen MR) is 221 cm³/mol. The molecule has 0 aromatic rings. The minimum Gasteiger partial charge on any atom is -0.462 e. The Labute approximate surface area is 327 Å². The van der Waals surface area contributed by atoms with E-state index in [0.717, 1.165) is 45.6 Å². The summed E-state index contributed by atoms with van der Waals surface area (Å²) in [7, 11) is -3.19. The average molecular weight is 773 g/mol. The molecule has 0 rings (SSSR count). The first kappa shape index (κ1) is 51.8. The summed E-state index contributed by atoms with van der Waals surface area (Å²) in [5.41, 5.74) is 0. The quantitative estimate of drug-likeness (QED) is 0.0283. The SMILES string of the molecule is CCCCCCCCCC/C=C\CCCCCCCCCCCCCC(=O)OC(COC(=O)CCCCCCCCCCCCC)COP(=O)(O)OC. The van der Waals surface area contributed by atoms with E-state index in [-0.39, 0.29) is 19.0 Å². The lowest BCUT2D eigenvalue weighted by molar-refractivity contribution is -0.161. The normalized spacial score (nSPS) is 13.4. The Hall–Kier alpha value is -1.21. The Morgan fingerprint density at radius 2 is 0.849 bits per heavy atom. The van der Waals surface area contributed by atoms with Crippen molar-refractivity contribution in [1.29, 1.82) is 0 Å². The second-order valence-corrected chi connectivity index (χ2v) is 16.8. The molecule has 0 aliphatic heterocycles. The molecule has 1 N–H and O–H groups in total. The summed E-state index contributed by atoms with van der Waals surface area (Å²) in [6.07, 6.45) is 44.2. The number of ether oxygens (including phenoxy) is 2. The average Bonchev–Trinajstić information content (AvgIpc) is 3.15. The maximum Gasteiger partial charge on any atom is 0.472 e. The number of phosphoric ester groups is 1. The fraction of sp³-hybridized carbons (Fsp3) is 0.909. The molecule has 0 aliphatic carbocycles. The van der Waals surface area contributed by atoms with Crippen LogP contribution in [0, 0.1) is 0 Å². The van der Waals surface area contributed by atoms with E-state index in [1.807, 2.05) is 0 Å². The van der Waals surface area contributed by atoms with Gasteiger partial charge >= 0.3 is 19.8 Å². The molecule has 8 nitrogen and oxygen atoms in total. The van der Waals surface area contributed by atoms with E-state index < -0.39 is 26.5 Å². The molecule has 9 heteroatoms. The van der Waals surface area contributed by atoms with Crippen molar-refractivity contribution >= 4 is 19.8 Å². The zero-order valence-electron chi connectivity index (χ0n) is 34.9. The maximum absolute atomic E-state index is 12.5. The van der Waals surface area contributed by atoms with Gasteiger partial charge in [-0.15, -0.1) is 0 Å². The Balaban J connectivity index is 3.87. The van der Waals surface area contributed by atoms with Gasteiger partial charge in [-0.1, -0.05) is 193 Å². The van der Waals surface area contributed by atoms with Crippen molar-refractivity contribution in [3.63, 3.8) is 0 Å². The number of hydrogen-bond donors (Lipinski definition) is 1. The van der Waals surface area contributed by atoms with E-state index >= 15 is 0 Å². The van der Waals surface area contributed by atoms with Crippen LogP contribution in [0.4, 0.5) is 0 Å². The van der Waals surface area contributed by atoms with Crippen LogP contribution in [0.2, 0.25) is 0 Å². The molecule has 314 valence electrons. The first-order valence-electron chi connectivity index (χ1n) is 22.4. The summed E-state index contributed by atoms with van der Waals surface area (Å²) < 4.78 is 32.0. The van der Waals surface area contributed by atoms with Gasteiger partial charge in [0.25, 0.3) is 0 Å². The van der Waals surface area contributed by atoms with Crippen LogP contribution < -0.4 is 0 Å². The van der Waals surface area contributed by atoms with Gasteiger partial charge in [0.2, 0.25) is 0 Å². The van der Waals surface area contributed by atoms with Gasteiger partial charge in [0.05, 0.1) is 6.61 Å². The van der Waals surface area contributed by atoms with Gasteiger partial charge in [-0.3, -0.25) is 18.6 Å². The third-order valence-electron chi connectivity index (χ3n) is 10.0. The summed E-state index contributed by atoms with van der Waals surface area (Å²) in [6.45, 7) is 3.90. The number of hydrogen-bond acceptors (Lipinski definition) is 7. The zero-order valence-corrected chi connectivity index (χ0v) is 35.8. The van der Waals surface area contributed by atoms with Crippen molar-refractivity contribution in [2.24, 2.45) is 0 Å². The molecule has 53 heavy (non-hydrogen) atoms. The smallest absolute Gasteiger partial charge is 0.462 e. The molecule has 0 radical (unpaired) electrons. The van der Waals surface area contributed by atoms with E-state index in [2.05, 4.69) is 30.5 Å². The number of esters is 2. The minimum atomic E-state index is -4.25. The van der Waals surface area contributed by atoms with Crippen molar-refractivity contribution in [3.05, 3.63) is 12.2 Å². The number of carbonyl (C=O) groups excluding carboxylic acids is 2. The van der Waals surface area contributed by atoms with Crippen LogP contribution in [-0.2, 0) is 32.7 Å². The summed E-state index contributed by atoms with van der Waals surface area (Å²) in [6, 6.07) is 0. The largest absolute Gasteiger partial charge is 0.472 e. The van der Waals surface area contributed by atoms with Gasteiger partial charge < -0.3 is 14.4 Å². The predicted octanol–water partition coefficient (Wildman–Crippen LogP) is 14.1. The molecule has 0 saturated carbocycles. The molecule has 0 amide bonds. The van der Waals surface area contributed by atoms with E-state index in [1.54, 1.807) is 0 Å². The highest BCUT2D eigenvalue weighted by Gasteiger charge is 2.24. The molecular weight excluding hydrogens is 687 g/mol. The summed E-state index contributed by atoms with van der Waals surface area (Å²) in [4.78, 5) is 34.4. The highest BCUT2D eigenvalue weighted by molar-refractivity contribution is 7.47. The van der Waals surface area contributed by atoms with Gasteiger partial charge in [0.1, 0.15) is 6.61 Å². The summed E-state index contributed by atoms with van der Waals surface area (Å²) in [5.74, 6) is -0.794. The standard InChI is InChI=1S/C44H85O8P/c1-4-6-8-10-12-14-16-17-18-19-20-21-22-23-24-25-26-27-29-31-33-35-37-39-44(46)52-42(41-51-53(47,48)49-3)40-50-43(45)38-36-34-32-30-28-15-13-11-9-7-5-2/h19-20,42H,4-18,21-41H2,1-3H3,(H,47,48)/b20-19-. The minimum absolute atomic E-state index is 0.219. The van der Waals surface area contributed by atoms with Gasteiger partial charge in [-0.2, -0.15) is 0 Å². The second-order valence-electron chi connectivity index (χ2n) is 15.2. The molecule has 0 aromatic carbocycles. The fourth-order valence-electron chi connectivity index (χ4n) is 6.54. The fourth-order valence-corrected chi connectivity index (χ4v) is 7.00. The van der Waals surface area contributed by atoms with Gasteiger partial charge in [0, 0.05) is 20.0 Å². The van der Waals surface area contributed by atoms with Crippen LogP contribution in [0.1, 0.15) is 232 Å². The van der Waals surface area contributed by atoms with E-state index in [0.29, 0.717) is 6.42 Å². The first-order chi connectivity index (χ1) is 25.8. The van der Waals surface area contributed by atoms with E-state index in [1.165, 1.54) is 167 Å². The van der Waals surface area contributed by atoms with Crippen molar-refractivity contribution in [2.75, 3.05) is 20.3 Å². The molecule has 0 saturated heterocycles. The Morgan fingerprint density at radius 1 is 0.509 bits per heavy atom. The molecule has 0 fully saturated rings. The lowest BCUT2D eigenvalue weighted by Crippen LogP contribution is -2.29. The summed E-state index contributed by atoms with van der Waals surface area (Å²) in [5, 5.41) is 0. The van der Waals surface area contributed by atoms with Crippen LogP contribution in [0.15, 0.2) is 12.2 Å². The number of phosphoric acid groups is 1. The number of rotatable bonds is 42. The van der Waals surface area contributed by atoms with Gasteiger partial charge in [0.15, 0.2) is 6.10 Å². The van der Waals surface area contributed by atoms with Crippen molar-refractivity contribution < 1.29 is 37.6 Å². The number of unbranched alkanes of at least 4 members (excludes halogenated alkanes) is 29. The van der Waals surface area contributed by atoms with Crippen molar-refractivity contribution in [3.8, 4) is 0 Å². The highest BCUT2D eigenvalue weighted by atomic mass is 31.2. The number of carbonyl (C=O) groups is 2. The molecule has 0 aliphatic rings. The van der Waals surface area contributed by atoms with Crippen molar-refractivity contribution in [2.45, 2.75) is 238 Å². The number of allylic oxidation sites excluding steroid dienone is 2. The Morgan fingerprint density at radius 3 is 1.23 bits per heavy atom. The van der Waals surface area contributed by atoms with Crippen LogP contribution in [0.5, 0.6) is 0 Å². The molecule has 0 aromatic heterocycles. The molecule has 2 atom stereocenters. The Kier molecular flexibility index (Phi) is 39.5. The molecule has 0 bridgehead atoms. The van der Waals surface area contributed by atoms with Crippen LogP contribution in [0.25, 0.3) is 0 Å². The molecular formula is C44H85O8P. The highest BCUT2D eigenvalue weighted by Crippen LogP contribution is 2.42. The third-order valence-corrected chi connectivity index (χ3v) is 10.9. The molecule has 2 unspecified atom stereocenters. The summed E-state index contributed by atoms with van der Waals surface area (Å²) >= 11 is 0. The van der Waals surface area contributed by atoms with E-state index in [9.17, 15) is 19.0 Å². The van der Waals surface area contributed by atoms with Crippen LogP contribution in [0.3, 0.4) is 0 Å². The lowest BCUT2D eigenvalue weighted by Gasteiger charge is -2.19. The molecule has 0 heterocycles. The van der Waals surface area contributed by atoms with E-state index in [4.69, 9.17) is 14.0 Å². The van der Waals surface area contributed by atoms with Crippen molar-refractivity contribution in [1.82, 2.24) is 0 Å². The Bertz CT molecular complexity index is 879. The monoisotopic (exact) mass is 773 g/mol. The van der Waals surface area contributed by atoms with Gasteiger partial charge in [-0.25, -0.2) is 4.57 Å². The third kappa shape index (κ3) is 40.3. The zero-order chi connectivity index (χ0) is 38.9. The first-order valence-corrected chi connectivity index (χ1v) is 23.9. The lowest BCUT2D eigenvalue weighted by atomic mass is 10.0. The topological polar surface area (TPSA) is 108 Å². The van der Waals surface area contributed by atoms with Crippen LogP contribution >= 0.6 is 7.82 Å². The second kappa shape index (κ2) is 40.5. The molecule has 0 spiro atoms.